The Morgan fingerprint density at radius 1 is 1.77 bits per heavy atom. The summed E-state index contributed by atoms with van der Waals surface area (Å²) in [6.07, 6.45) is 0.430. The number of aromatic nitrogens is 2. The molecule has 0 atom stereocenters. The Labute approximate surface area is 81.3 Å². The molecule has 0 spiro atoms. The van der Waals surface area contributed by atoms with Gasteiger partial charge in [-0.15, -0.1) is 0 Å². The van der Waals surface area contributed by atoms with Crippen LogP contribution in [-0.2, 0) is 6.54 Å². The average molecular weight is 198 g/mol. The van der Waals surface area contributed by atoms with Crippen molar-refractivity contribution in [1.29, 1.82) is 0 Å². The van der Waals surface area contributed by atoms with Gasteiger partial charge in [-0.25, -0.2) is 4.68 Å². The molecule has 1 aromatic heterocycles. The summed E-state index contributed by atoms with van der Waals surface area (Å²) < 4.78 is 6.95. The average Bonchev–Trinajstić information content (AvgIpc) is 2.61. The molecule has 1 aromatic rings. The number of ether oxygens (including phenoxy) is 1. The van der Waals surface area contributed by atoms with E-state index in [9.17, 15) is 4.79 Å². The van der Waals surface area contributed by atoms with Crippen LogP contribution in [0, 0.1) is 0 Å². The summed E-state index contributed by atoms with van der Waals surface area (Å²) in [5.74, 6) is 1.28. The molecule has 0 aliphatic carbocycles. The Hall–Kier alpha value is -0.970. The summed E-state index contributed by atoms with van der Waals surface area (Å²) in [4.78, 5) is 11.4. The second-order valence-corrected chi connectivity index (χ2v) is 3.28. The lowest BCUT2D eigenvalue weighted by molar-refractivity contribution is 0.0984. The number of fused-ring (bicyclic) bond motifs is 1. The second-order valence-electron chi connectivity index (χ2n) is 2.84. The quantitative estimate of drug-likeness (QED) is 0.576. The van der Waals surface area contributed by atoms with Crippen molar-refractivity contribution in [1.82, 2.24) is 9.78 Å². The van der Waals surface area contributed by atoms with Gasteiger partial charge in [0.25, 0.3) is 0 Å². The lowest BCUT2D eigenvalue weighted by atomic mass is 10.2. The van der Waals surface area contributed by atoms with Gasteiger partial charge in [0.1, 0.15) is 12.3 Å². The van der Waals surface area contributed by atoms with Crippen molar-refractivity contribution in [2.75, 3.05) is 12.4 Å². The molecule has 0 fully saturated rings. The van der Waals surface area contributed by atoms with E-state index in [1.165, 1.54) is 0 Å². The molecule has 5 heteroatoms. The molecule has 1 aliphatic rings. The van der Waals surface area contributed by atoms with Gasteiger partial charge in [0.2, 0.25) is 5.88 Å². The van der Waals surface area contributed by atoms with Crippen LogP contribution in [0.2, 0.25) is 0 Å². The third kappa shape index (κ3) is 1.56. The van der Waals surface area contributed by atoms with Crippen molar-refractivity contribution in [3.05, 3.63) is 11.8 Å². The molecule has 70 valence electrons. The maximum Gasteiger partial charge on any atom is 0.212 e. The van der Waals surface area contributed by atoms with Crippen molar-refractivity contribution in [2.24, 2.45) is 0 Å². The van der Waals surface area contributed by atoms with Gasteiger partial charge in [-0.3, -0.25) is 4.79 Å². The van der Waals surface area contributed by atoms with Gasteiger partial charge in [-0.1, -0.05) is 0 Å². The monoisotopic (exact) mass is 198 g/mol. The molecule has 1 aliphatic heterocycles. The zero-order chi connectivity index (χ0) is 9.26. The fourth-order valence-corrected chi connectivity index (χ4v) is 1.48. The van der Waals surface area contributed by atoms with Crippen LogP contribution in [0.25, 0.3) is 0 Å². The summed E-state index contributed by atoms with van der Waals surface area (Å²) in [7, 11) is 0. The van der Waals surface area contributed by atoms with E-state index in [1.54, 1.807) is 10.7 Å². The first-order valence-electron chi connectivity index (χ1n) is 4.16. The second kappa shape index (κ2) is 3.41. The first-order chi connectivity index (χ1) is 6.31. The molecule has 0 N–H and O–H groups in total. The number of ketones is 1. The Kier molecular flexibility index (Phi) is 2.26. The Balaban J connectivity index is 2.18. The highest BCUT2D eigenvalue weighted by Crippen LogP contribution is 2.19. The van der Waals surface area contributed by atoms with Crippen LogP contribution in [0.4, 0.5) is 0 Å². The molecule has 4 nitrogen and oxygen atoms in total. The van der Waals surface area contributed by atoms with E-state index in [0.717, 1.165) is 6.54 Å². The van der Waals surface area contributed by atoms with E-state index in [2.05, 4.69) is 17.7 Å². The number of thiol groups is 1. The summed E-state index contributed by atoms with van der Waals surface area (Å²) in [6.45, 7) is 1.40. The van der Waals surface area contributed by atoms with Crippen molar-refractivity contribution in [3.63, 3.8) is 0 Å². The number of nitrogens with zero attached hydrogens (tertiary/aromatic N) is 2. The molecular formula is C8H10N2O2S. The van der Waals surface area contributed by atoms with E-state index in [0.29, 0.717) is 30.4 Å². The van der Waals surface area contributed by atoms with Crippen molar-refractivity contribution < 1.29 is 9.53 Å². The standard InChI is InChI=1S/C8H10N2O2S/c11-7(1-4-13)6-5-8-10(9-6)2-3-12-8/h5,13H,1-4H2. The molecule has 0 aromatic carbocycles. The minimum Gasteiger partial charge on any atom is -0.476 e. The SMILES string of the molecule is O=C(CCS)c1cc2n(n1)CCO2. The lowest BCUT2D eigenvalue weighted by Crippen LogP contribution is -2.04. The summed E-state index contributed by atoms with van der Waals surface area (Å²) in [5, 5.41) is 4.12. The summed E-state index contributed by atoms with van der Waals surface area (Å²) >= 11 is 3.99. The van der Waals surface area contributed by atoms with Crippen LogP contribution in [0.3, 0.4) is 0 Å². The highest BCUT2D eigenvalue weighted by atomic mass is 32.1. The Bertz CT molecular complexity index is 313. The normalized spacial score (nSPS) is 13.9. The van der Waals surface area contributed by atoms with E-state index in [4.69, 9.17) is 4.74 Å². The minimum absolute atomic E-state index is 0.0282. The number of Topliss-reactive ketones (excluding diaryl/α,β-unsaturated/α-hetero) is 1. The smallest absolute Gasteiger partial charge is 0.212 e. The first kappa shape index (κ1) is 8.62. The topological polar surface area (TPSA) is 44.1 Å². The van der Waals surface area contributed by atoms with Crippen molar-refractivity contribution >= 4 is 18.4 Å². The maximum atomic E-state index is 11.4. The largest absolute Gasteiger partial charge is 0.476 e. The zero-order valence-corrected chi connectivity index (χ0v) is 7.96. The maximum absolute atomic E-state index is 11.4. The number of carbonyl (C=O) groups excluding carboxylic acids is 1. The minimum atomic E-state index is 0.0282. The van der Waals surface area contributed by atoms with Gasteiger partial charge in [-0.05, 0) is 5.75 Å². The number of rotatable bonds is 3. The highest BCUT2D eigenvalue weighted by molar-refractivity contribution is 7.80. The Morgan fingerprint density at radius 3 is 3.31 bits per heavy atom. The predicted molar refractivity (Wildman–Crippen MR) is 50.5 cm³/mol. The fraction of sp³-hybridized carbons (Fsp3) is 0.500. The first-order valence-corrected chi connectivity index (χ1v) is 4.79. The molecule has 0 amide bonds. The van der Waals surface area contributed by atoms with Crippen LogP contribution in [0.5, 0.6) is 5.88 Å². The van der Waals surface area contributed by atoms with Crippen LogP contribution in [-0.4, -0.2) is 27.9 Å². The van der Waals surface area contributed by atoms with Crippen LogP contribution in [0.1, 0.15) is 16.9 Å². The number of hydrogen-bond donors (Lipinski definition) is 1. The number of carbonyl (C=O) groups is 1. The van der Waals surface area contributed by atoms with E-state index >= 15 is 0 Å². The van der Waals surface area contributed by atoms with Crippen LogP contribution < -0.4 is 4.74 Å². The number of hydrogen-bond acceptors (Lipinski definition) is 4. The van der Waals surface area contributed by atoms with Crippen LogP contribution >= 0.6 is 12.6 Å². The predicted octanol–water partition coefficient (Wildman–Crippen LogP) is 0.778. The third-order valence-electron chi connectivity index (χ3n) is 1.92. The zero-order valence-electron chi connectivity index (χ0n) is 7.06. The molecule has 0 unspecified atom stereocenters. The summed E-state index contributed by atoms with van der Waals surface area (Å²) in [6, 6.07) is 1.69. The molecule has 0 saturated carbocycles. The van der Waals surface area contributed by atoms with Crippen LogP contribution in [0.15, 0.2) is 6.07 Å². The molecule has 0 bridgehead atoms. The summed E-state index contributed by atoms with van der Waals surface area (Å²) in [5.41, 5.74) is 0.490. The lowest BCUT2D eigenvalue weighted by Gasteiger charge is -1.92. The molecule has 0 radical (unpaired) electrons. The van der Waals surface area contributed by atoms with Gasteiger partial charge < -0.3 is 4.74 Å². The van der Waals surface area contributed by atoms with Gasteiger partial charge in [0.05, 0.1) is 6.54 Å². The van der Waals surface area contributed by atoms with Gasteiger partial charge in [-0.2, -0.15) is 17.7 Å². The highest BCUT2D eigenvalue weighted by Gasteiger charge is 2.18. The third-order valence-corrected chi connectivity index (χ3v) is 2.14. The van der Waals surface area contributed by atoms with Gasteiger partial charge in [0.15, 0.2) is 5.78 Å². The van der Waals surface area contributed by atoms with Gasteiger partial charge in [0, 0.05) is 12.5 Å². The van der Waals surface area contributed by atoms with E-state index < -0.39 is 0 Å². The molecule has 0 saturated heterocycles. The molecule has 2 rings (SSSR count). The Morgan fingerprint density at radius 2 is 2.62 bits per heavy atom. The molecule has 2 heterocycles. The van der Waals surface area contributed by atoms with Gasteiger partial charge >= 0.3 is 0 Å². The van der Waals surface area contributed by atoms with Crippen molar-refractivity contribution in [2.45, 2.75) is 13.0 Å². The fourth-order valence-electron chi connectivity index (χ4n) is 1.28. The van der Waals surface area contributed by atoms with Crippen molar-refractivity contribution in [3.8, 4) is 5.88 Å². The molecule has 13 heavy (non-hydrogen) atoms. The van der Waals surface area contributed by atoms with E-state index in [-0.39, 0.29) is 5.78 Å². The van der Waals surface area contributed by atoms with E-state index in [1.807, 2.05) is 0 Å². The molecular weight excluding hydrogens is 188 g/mol.